The number of benzene rings is 1. The lowest BCUT2D eigenvalue weighted by Gasteiger charge is -2.25. The summed E-state index contributed by atoms with van der Waals surface area (Å²) >= 11 is 0. The van der Waals surface area contributed by atoms with E-state index in [-0.39, 0.29) is 6.61 Å². The third-order valence-electron chi connectivity index (χ3n) is 3.27. The third kappa shape index (κ3) is 5.85. The van der Waals surface area contributed by atoms with Gasteiger partial charge in [0.05, 0.1) is 0 Å². The minimum atomic E-state index is -1.02. The van der Waals surface area contributed by atoms with Crippen LogP contribution >= 0.6 is 0 Å². The maximum absolute atomic E-state index is 12.1. The van der Waals surface area contributed by atoms with Gasteiger partial charge in [0, 0.05) is 6.54 Å². The number of unbranched alkanes of at least 4 members (excludes halogenated alkanes) is 2. The normalized spacial score (nSPS) is 11.7. The van der Waals surface area contributed by atoms with E-state index in [2.05, 4.69) is 6.92 Å². The van der Waals surface area contributed by atoms with Crippen LogP contribution in [0.1, 0.15) is 38.7 Å². The lowest BCUT2D eigenvalue weighted by molar-refractivity contribution is -0.142. The zero-order valence-corrected chi connectivity index (χ0v) is 12.6. The van der Waals surface area contributed by atoms with Crippen LogP contribution < -0.4 is 0 Å². The number of carbonyl (C=O) groups is 2. The molecule has 0 aromatic heterocycles. The van der Waals surface area contributed by atoms with Gasteiger partial charge >= 0.3 is 12.1 Å². The van der Waals surface area contributed by atoms with Crippen molar-refractivity contribution in [2.45, 2.75) is 45.8 Å². The van der Waals surface area contributed by atoms with E-state index in [1.54, 1.807) is 0 Å². The molecule has 5 heteroatoms. The molecule has 5 nitrogen and oxygen atoms in total. The average molecular weight is 293 g/mol. The first-order valence-electron chi connectivity index (χ1n) is 7.26. The van der Waals surface area contributed by atoms with E-state index in [4.69, 9.17) is 9.84 Å². The standard InChI is InChI=1S/C16H23NO4/c1-3-4-8-11-17(13(2)15(18)19)16(20)21-12-14-9-6-5-7-10-14/h5-7,9-10,13H,3-4,8,11-12H2,1-2H3,(H,18,19). The maximum atomic E-state index is 12.1. The van der Waals surface area contributed by atoms with Gasteiger partial charge < -0.3 is 9.84 Å². The second-order valence-electron chi connectivity index (χ2n) is 4.95. The quantitative estimate of drug-likeness (QED) is 0.747. The zero-order chi connectivity index (χ0) is 15.7. The molecule has 0 aliphatic rings. The zero-order valence-electron chi connectivity index (χ0n) is 12.6. The van der Waals surface area contributed by atoms with Crippen molar-refractivity contribution in [3.8, 4) is 0 Å². The van der Waals surface area contributed by atoms with Crippen molar-refractivity contribution in [1.29, 1.82) is 0 Å². The molecule has 21 heavy (non-hydrogen) atoms. The summed E-state index contributed by atoms with van der Waals surface area (Å²) in [4.78, 5) is 24.5. The number of hydrogen-bond donors (Lipinski definition) is 1. The predicted octanol–water partition coefficient (Wildman–Crippen LogP) is 3.29. The smallest absolute Gasteiger partial charge is 0.410 e. The van der Waals surface area contributed by atoms with Crippen LogP contribution in [0.15, 0.2) is 30.3 Å². The molecule has 0 aliphatic heterocycles. The molecule has 1 amide bonds. The van der Waals surface area contributed by atoms with E-state index in [0.717, 1.165) is 24.8 Å². The molecule has 116 valence electrons. The van der Waals surface area contributed by atoms with Gasteiger partial charge in [-0.25, -0.2) is 9.59 Å². The van der Waals surface area contributed by atoms with Crippen LogP contribution in [0.3, 0.4) is 0 Å². The molecule has 0 fully saturated rings. The molecule has 1 aromatic carbocycles. The first-order valence-corrected chi connectivity index (χ1v) is 7.26. The summed E-state index contributed by atoms with van der Waals surface area (Å²) in [7, 11) is 0. The molecular formula is C16H23NO4. The number of carboxylic acid groups (broad SMARTS) is 1. The summed E-state index contributed by atoms with van der Waals surface area (Å²) in [6.07, 6.45) is 2.16. The molecule has 0 spiro atoms. The number of hydrogen-bond acceptors (Lipinski definition) is 3. The van der Waals surface area contributed by atoms with Crippen molar-refractivity contribution in [1.82, 2.24) is 4.90 Å². The summed E-state index contributed by atoms with van der Waals surface area (Å²) in [6.45, 7) is 4.10. The van der Waals surface area contributed by atoms with Crippen molar-refractivity contribution in [2.24, 2.45) is 0 Å². The highest BCUT2D eigenvalue weighted by Crippen LogP contribution is 2.09. The van der Waals surface area contributed by atoms with Crippen molar-refractivity contribution in [3.05, 3.63) is 35.9 Å². The number of ether oxygens (including phenoxy) is 1. The van der Waals surface area contributed by atoms with Crippen molar-refractivity contribution >= 4 is 12.1 Å². The van der Waals surface area contributed by atoms with Gasteiger partial charge in [-0.1, -0.05) is 50.1 Å². The molecule has 0 saturated carbocycles. The first kappa shape index (κ1) is 17.0. The molecule has 0 heterocycles. The Balaban J connectivity index is 2.59. The molecular weight excluding hydrogens is 270 g/mol. The Morgan fingerprint density at radius 3 is 2.48 bits per heavy atom. The van der Waals surface area contributed by atoms with E-state index >= 15 is 0 Å². The van der Waals surface area contributed by atoms with E-state index in [1.165, 1.54) is 11.8 Å². The highest BCUT2D eigenvalue weighted by atomic mass is 16.6. The molecule has 1 atom stereocenters. The van der Waals surface area contributed by atoms with Crippen LogP contribution in [-0.2, 0) is 16.1 Å². The van der Waals surface area contributed by atoms with Gasteiger partial charge in [0.1, 0.15) is 12.6 Å². The fourth-order valence-corrected chi connectivity index (χ4v) is 1.91. The third-order valence-corrected chi connectivity index (χ3v) is 3.27. The largest absolute Gasteiger partial charge is 0.480 e. The summed E-state index contributed by atoms with van der Waals surface area (Å²) in [6, 6.07) is 8.44. The lowest BCUT2D eigenvalue weighted by Crippen LogP contribution is -2.44. The van der Waals surface area contributed by atoms with Crippen LogP contribution in [0, 0.1) is 0 Å². The number of amides is 1. The topological polar surface area (TPSA) is 66.8 Å². The van der Waals surface area contributed by atoms with E-state index in [9.17, 15) is 9.59 Å². The number of carboxylic acids is 1. The lowest BCUT2D eigenvalue weighted by atomic mass is 10.2. The SMILES string of the molecule is CCCCCN(C(=O)OCc1ccccc1)C(C)C(=O)O. The van der Waals surface area contributed by atoms with Crippen LogP contribution in [0.4, 0.5) is 4.79 Å². The Kier molecular flexibility index (Phi) is 7.29. The van der Waals surface area contributed by atoms with Crippen LogP contribution in [0.25, 0.3) is 0 Å². The van der Waals surface area contributed by atoms with Gasteiger partial charge in [-0.3, -0.25) is 4.90 Å². The summed E-state index contributed by atoms with van der Waals surface area (Å²) < 4.78 is 5.22. The van der Waals surface area contributed by atoms with Gasteiger partial charge in [-0.05, 0) is 18.9 Å². The van der Waals surface area contributed by atoms with E-state index in [0.29, 0.717) is 6.54 Å². The number of rotatable bonds is 8. The van der Waals surface area contributed by atoms with E-state index in [1.807, 2.05) is 30.3 Å². The van der Waals surface area contributed by atoms with Crippen molar-refractivity contribution in [2.75, 3.05) is 6.54 Å². The summed E-state index contributed by atoms with van der Waals surface area (Å²) in [5.74, 6) is -1.02. The van der Waals surface area contributed by atoms with Crippen LogP contribution in [-0.4, -0.2) is 34.7 Å². The van der Waals surface area contributed by atoms with Gasteiger partial charge in [0.25, 0.3) is 0 Å². The first-order chi connectivity index (χ1) is 10.1. The molecule has 0 saturated heterocycles. The average Bonchev–Trinajstić information content (AvgIpc) is 2.49. The molecule has 1 N–H and O–H groups in total. The highest BCUT2D eigenvalue weighted by molar-refractivity contribution is 5.79. The Bertz CT molecular complexity index is 447. The Morgan fingerprint density at radius 1 is 1.24 bits per heavy atom. The fourth-order valence-electron chi connectivity index (χ4n) is 1.91. The summed E-state index contributed by atoms with van der Waals surface area (Å²) in [5.41, 5.74) is 0.877. The van der Waals surface area contributed by atoms with Gasteiger partial charge in [-0.2, -0.15) is 0 Å². The minimum Gasteiger partial charge on any atom is -0.480 e. The maximum Gasteiger partial charge on any atom is 0.410 e. The van der Waals surface area contributed by atoms with Gasteiger partial charge in [-0.15, -0.1) is 0 Å². The molecule has 1 rings (SSSR count). The number of nitrogens with zero attached hydrogens (tertiary/aromatic N) is 1. The Morgan fingerprint density at radius 2 is 1.90 bits per heavy atom. The summed E-state index contributed by atoms with van der Waals surface area (Å²) in [5, 5.41) is 9.09. The number of aliphatic carboxylic acids is 1. The van der Waals surface area contributed by atoms with Crippen LogP contribution in [0.2, 0.25) is 0 Å². The monoisotopic (exact) mass is 293 g/mol. The number of carbonyl (C=O) groups excluding carboxylic acids is 1. The second kappa shape index (κ2) is 9.00. The Hall–Kier alpha value is -2.04. The fraction of sp³-hybridized carbons (Fsp3) is 0.500. The molecule has 1 unspecified atom stereocenters. The molecule has 0 bridgehead atoms. The molecule has 1 aromatic rings. The van der Waals surface area contributed by atoms with Gasteiger partial charge in [0.2, 0.25) is 0 Å². The predicted molar refractivity (Wildman–Crippen MR) is 80.0 cm³/mol. The van der Waals surface area contributed by atoms with E-state index < -0.39 is 18.1 Å². The highest BCUT2D eigenvalue weighted by Gasteiger charge is 2.26. The molecule has 0 radical (unpaired) electrons. The Labute approximate surface area is 125 Å². The minimum absolute atomic E-state index is 0.149. The van der Waals surface area contributed by atoms with Gasteiger partial charge in [0.15, 0.2) is 0 Å². The van der Waals surface area contributed by atoms with Crippen molar-refractivity contribution in [3.63, 3.8) is 0 Å². The van der Waals surface area contributed by atoms with Crippen molar-refractivity contribution < 1.29 is 19.4 Å². The second-order valence-corrected chi connectivity index (χ2v) is 4.95. The van der Waals surface area contributed by atoms with Crippen LogP contribution in [0.5, 0.6) is 0 Å². The molecule has 0 aliphatic carbocycles.